The van der Waals surface area contributed by atoms with Gasteiger partial charge in [0.15, 0.2) is 5.69 Å². The van der Waals surface area contributed by atoms with Crippen molar-refractivity contribution in [2.24, 2.45) is 5.73 Å². The zero-order valence-electron chi connectivity index (χ0n) is 9.40. The molecule has 1 unspecified atom stereocenters. The van der Waals surface area contributed by atoms with E-state index in [-0.39, 0.29) is 5.69 Å². The molecule has 0 spiro atoms. The SMILES string of the molecule is CCOC(=O)c1n[nH]nc1C(N)CCOC. The summed E-state index contributed by atoms with van der Waals surface area (Å²) in [6.45, 7) is 2.51. The second kappa shape index (κ2) is 6.19. The van der Waals surface area contributed by atoms with Crippen LogP contribution in [0.25, 0.3) is 0 Å². The van der Waals surface area contributed by atoms with Gasteiger partial charge in [0, 0.05) is 13.7 Å². The molecule has 16 heavy (non-hydrogen) atoms. The predicted octanol–water partition coefficient (Wildman–Crippen LogP) is 0.0177. The Morgan fingerprint density at radius 2 is 2.31 bits per heavy atom. The number of carbonyl (C=O) groups is 1. The van der Waals surface area contributed by atoms with Crippen molar-refractivity contribution in [3.63, 3.8) is 0 Å². The van der Waals surface area contributed by atoms with E-state index in [1.54, 1.807) is 14.0 Å². The number of ether oxygens (including phenoxy) is 2. The highest BCUT2D eigenvalue weighted by Gasteiger charge is 2.22. The van der Waals surface area contributed by atoms with Crippen LogP contribution in [0.1, 0.15) is 35.6 Å². The first kappa shape index (κ1) is 12.6. The lowest BCUT2D eigenvalue weighted by Gasteiger charge is -2.08. The number of H-pyrrole nitrogens is 1. The summed E-state index contributed by atoms with van der Waals surface area (Å²) in [6, 6.07) is -0.391. The second-order valence-electron chi connectivity index (χ2n) is 3.17. The van der Waals surface area contributed by atoms with Crippen molar-refractivity contribution in [3.05, 3.63) is 11.4 Å². The number of nitrogens with one attached hydrogen (secondary N) is 1. The summed E-state index contributed by atoms with van der Waals surface area (Å²) >= 11 is 0. The van der Waals surface area contributed by atoms with Gasteiger partial charge in [0.25, 0.3) is 0 Å². The molecule has 3 N–H and O–H groups in total. The molecule has 1 aromatic heterocycles. The Labute approximate surface area is 93.3 Å². The van der Waals surface area contributed by atoms with Crippen LogP contribution < -0.4 is 5.73 Å². The number of aromatic nitrogens is 3. The Morgan fingerprint density at radius 3 is 2.94 bits per heavy atom. The van der Waals surface area contributed by atoms with Crippen molar-refractivity contribution in [1.29, 1.82) is 0 Å². The van der Waals surface area contributed by atoms with E-state index in [9.17, 15) is 4.79 Å². The van der Waals surface area contributed by atoms with Gasteiger partial charge in [-0.05, 0) is 13.3 Å². The molecule has 0 radical (unpaired) electrons. The zero-order chi connectivity index (χ0) is 12.0. The average molecular weight is 228 g/mol. The topological polar surface area (TPSA) is 103 Å². The second-order valence-corrected chi connectivity index (χ2v) is 3.17. The Morgan fingerprint density at radius 1 is 1.56 bits per heavy atom. The molecular formula is C9H16N4O3. The lowest BCUT2D eigenvalue weighted by Crippen LogP contribution is -2.18. The predicted molar refractivity (Wildman–Crippen MR) is 55.8 cm³/mol. The van der Waals surface area contributed by atoms with E-state index in [2.05, 4.69) is 15.4 Å². The maximum Gasteiger partial charge on any atom is 0.360 e. The van der Waals surface area contributed by atoms with Crippen molar-refractivity contribution in [2.75, 3.05) is 20.3 Å². The quantitative estimate of drug-likeness (QED) is 0.665. The number of hydrogen-bond acceptors (Lipinski definition) is 6. The molecule has 0 aliphatic carbocycles. The fraction of sp³-hybridized carbons (Fsp3) is 0.667. The molecule has 0 saturated heterocycles. The average Bonchev–Trinajstić information content (AvgIpc) is 2.75. The highest BCUT2D eigenvalue weighted by Crippen LogP contribution is 2.14. The van der Waals surface area contributed by atoms with Crippen LogP contribution in [0.4, 0.5) is 0 Å². The van der Waals surface area contributed by atoms with Crippen molar-refractivity contribution in [3.8, 4) is 0 Å². The van der Waals surface area contributed by atoms with E-state index >= 15 is 0 Å². The summed E-state index contributed by atoms with van der Waals surface area (Å²) < 4.78 is 9.74. The normalized spacial score (nSPS) is 12.4. The molecule has 7 heteroatoms. The van der Waals surface area contributed by atoms with Gasteiger partial charge in [-0.15, -0.1) is 5.10 Å². The Kier molecular flexibility index (Phi) is 4.87. The smallest absolute Gasteiger partial charge is 0.360 e. The van der Waals surface area contributed by atoms with Crippen LogP contribution in [0.3, 0.4) is 0 Å². The third-order valence-corrected chi connectivity index (χ3v) is 2.03. The summed E-state index contributed by atoms with van der Waals surface area (Å²) in [5, 5.41) is 9.96. The van der Waals surface area contributed by atoms with Crippen molar-refractivity contribution < 1.29 is 14.3 Å². The lowest BCUT2D eigenvalue weighted by atomic mass is 10.1. The number of hydrogen-bond donors (Lipinski definition) is 2. The molecule has 1 heterocycles. The zero-order valence-corrected chi connectivity index (χ0v) is 9.40. The van der Waals surface area contributed by atoms with Gasteiger partial charge in [-0.1, -0.05) is 0 Å². The maximum absolute atomic E-state index is 11.5. The van der Waals surface area contributed by atoms with Gasteiger partial charge in [0.05, 0.1) is 12.6 Å². The first-order chi connectivity index (χ1) is 7.70. The van der Waals surface area contributed by atoms with Crippen LogP contribution in [0.2, 0.25) is 0 Å². The van der Waals surface area contributed by atoms with Crippen molar-refractivity contribution in [2.45, 2.75) is 19.4 Å². The van der Waals surface area contributed by atoms with Gasteiger partial charge in [0.1, 0.15) is 5.69 Å². The molecule has 0 fully saturated rings. The van der Waals surface area contributed by atoms with Crippen LogP contribution in [0.15, 0.2) is 0 Å². The third-order valence-electron chi connectivity index (χ3n) is 2.03. The highest BCUT2D eigenvalue weighted by molar-refractivity contribution is 5.88. The summed E-state index contributed by atoms with van der Waals surface area (Å²) in [4.78, 5) is 11.5. The van der Waals surface area contributed by atoms with E-state index in [0.29, 0.717) is 25.3 Å². The molecule has 1 aromatic rings. The molecule has 1 atom stereocenters. The van der Waals surface area contributed by atoms with Gasteiger partial charge >= 0.3 is 5.97 Å². The standard InChI is InChI=1S/C9H16N4O3/c1-3-16-9(14)8-7(11-13-12-8)6(10)4-5-15-2/h6H,3-5,10H2,1-2H3,(H,11,12,13). The van der Waals surface area contributed by atoms with E-state index in [1.165, 1.54) is 0 Å². The number of nitrogens with two attached hydrogens (primary N) is 1. The molecule has 0 saturated carbocycles. The summed E-state index contributed by atoms with van der Waals surface area (Å²) in [5.74, 6) is -0.515. The van der Waals surface area contributed by atoms with Crippen LogP contribution in [-0.2, 0) is 9.47 Å². The van der Waals surface area contributed by atoms with Gasteiger partial charge in [0.2, 0.25) is 0 Å². The minimum Gasteiger partial charge on any atom is -0.461 e. The number of nitrogens with zero attached hydrogens (tertiary/aromatic N) is 2. The first-order valence-corrected chi connectivity index (χ1v) is 5.03. The Balaban J connectivity index is 2.72. The van der Waals surface area contributed by atoms with Crippen LogP contribution >= 0.6 is 0 Å². The number of methoxy groups -OCH3 is 1. The Bertz CT molecular complexity index is 339. The maximum atomic E-state index is 11.5. The molecule has 0 bridgehead atoms. The van der Waals surface area contributed by atoms with E-state index in [1.807, 2.05) is 0 Å². The van der Waals surface area contributed by atoms with E-state index < -0.39 is 12.0 Å². The first-order valence-electron chi connectivity index (χ1n) is 5.03. The summed E-state index contributed by atoms with van der Waals surface area (Å²) in [5.41, 5.74) is 6.41. The van der Waals surface area contributed by atoms with Gasteiger partial charge in [-0.2, -0.15) is 10.3 Å². The molecule has 0 amide bonds. The number of aromatic amines is 1. The monoisotopic (exact) mass is 228 g/mol. The third kappa shape index (κ3) is 3.01. The highest BCUT2D eigenvalue weighted by atomic mass is 16.5. The van der Waals surface area contributed by atoms with E-state index in [0.717, 1.165) is 0 Å². The van der Waals surface area contributed by atoms with Crippen molar-refractivity contribution in [1.82, 2.24) is 15.4 Å². The molecule has 0 aliphatic heterocycles. The molecule has 7 nitrogen and oxygen atoms in total. The van der Waals surface area contributed by atoms with E-state index in [4.69, 9.17) is 15.2 Å². The van der Waals surface area contributed by atoms with Gasteiger partial charge < -0.3 is 15.2 Å². The van der Waals surface area contributed by atoms with Crippen LogP contribution in [0, 0.1) is 0 Å². The minimum absolute atomic E-state index is 0.144. The molecule has 90 valence electrons. The minimum atomic E-state index is -0.515. The molecule has 0 aliphatic rings. The summed E-state index contributed by atoms with van der Waals surface area (Å²) in [7, 11) is 1.59. The van der Waals surface area contributed by atoms with Gasteiger partial charge in [-0.25, -0.2) is 4.79 Å². The number of carbonyl (C=O) groups excluding carboxylic acids is 1. The molecule has 0 aromatic carbocycles. The summed E-state index contributed by atoms with van der Waals surface area (Å²) in [6.07, 6.45) is 0.565. The largest absolute Gasteiger partial charge is 0.461 e. The molecule has 1 rings (SSSR count). The van der Waals surface area contributed by atoms with Crippen LogP contribution in [0.5, 0.6) is 0 Å². The lowest BCUT2D eigenvalue weighted by molar-refractivity contribution is 0.0517. The fourth-order valence-electron chi connectivity index (χ4n) is 1.23. The number of rotatable bonds is 6. The van der Waals surface area contributed by atoms with Gasteiger partial charge in [-0.3, -0.25) is 0 Å². The Hall–Kier alpha value is -1.47. The fourth-order valence-corrected chi connectivity index (χ4v) is 1.23. The van der Waals surface area contributed by atoms with Crippen LogP contribution in [-0.4, -0.2) is 41.7 Å². The number of esters is 1. The van der Waals surface area contributed by atoms with Crippen molar-refractivity contribution >= 4 is 5.97 Å². The molecular weight excluding hydrogens is 212 g/mol.